The molecule has 2 aliphatic rings. The highest BCUT2D eigenvalue weighted by molar-refractivity contribution is 5.99. The van der Waals surface area contributed by atoms with Crippen molar-refractivity contribution < 1.29 is 18.7 Å². The average molecular weight is 434 g/mol. The molecule has 32 heavy (non-hydrogen) atoms. The van der Waals surface area contributed by atoms with Gasteiger partial charge >= 0.3 is 0 Å². The molecular formula is C26H27NO5. The number of hydrogen-bond acceptors (Lipinski definition) is 5. The Labute approximate surface area is 186 Å². The van der Waals surface area contributed by atoms with Crippen molar-refractivity contribution in [3.05, 3.63) is 74.6 Å². The van der Waals surface area contributed by atoms with Crippen molar-refractivity contribution in [3.63, 3.8) is 0 Å². The fourth-order valence-electron chi connectivity index (χ4n) is 4.97. The Morgan fingerprint density at radius 2 is 1.91 bits per heavy atom. The van der Waals surface area contributed by atoms with Gasteiger partial charge in [0.1, 0.15) is 11.3 Å². The van der Waals surface area contributed by atoms with E-state index in [1.54, 1.807) is 4.90 Å². The van der Waals surface area contributed by atoms with Crippen LogP contribution in [0.25, 0.3) is 11.0 Å². The number of carbonyl (C=O) groups is 1. The molecule has 0 aliphatic carbocycles. The zero-order chi connectivity index (χ0) is 22.4. The van der Waals surface area contributed by atoms with Gasteiger partial charge in [0.15, 0.2) is 5.43 Å². The number of nitrogens with zero attached hydrogens (tertiary/aromatic N) is 1. The molecule has 3 aromatic rings. The summed E-state index contributed by atoms with van der Waals surface area (Å²) in [5, 5.41) is 0.539. The van der Waals surface area contributed by atoms with E-state index in [-0.39, 0.29) is 23.2 Å². The van der Waals surface area contributed by atoms with Gasteiger partial charge in [-0.05, 0) is 68.5 Å². The summed E-state index contributed by atoms with van der Waals surface area (Å²) in [7, 11) is 0. The van der Waals surface area contributed by atoms with Crippen molar-refractivity contribution in [2.45, 2.75) is 45.8 Å². The number of aryl methyl sites for hydroxylation is 2. The molecule has 6 heteroatoms. The van der Waals surface area contributed by atoms with Crippen LogP contribution in [0.5, 0.6) is 5.75 Å². The Kier molecular flexibility index (Phi) is 5.25. The van der Waals surface area contributed by atoms with Gasteiger partial charge in [0.2, 0.25) is 5.76 Å². The summed E-state index contributed by atoms with van der Waals surface area (Å²) in [4.78, 5) is 29.0. The lowest BCUT2D eigenvalue weighted by atomic mass is 9.96. The molecule has 3 heterocycles. The summed E-state index contributed by atoms with van der Waals surface area (Å²) in [5.74, 6) is 0.639. The van der Waals surface area contributed by atoms with E-state index in [0.717, 1.165) is 35.3 Å². The highest BCUT2D eigenvalue weighted by Gasteiger charge is 2.44. The number of carbonyl (C=O) groups excluding carboxylic acids is 1. The third-order valence-corrected chi connectivity index (χ3v) is 6.34. The maximum Gasteiger partial charge on any atom is 0.291 e. The summed E-state index contributed by atoms with van der Waals surface area (Å²) >= 11 is 0. The van der Waals surface area contributed by atoms with Crippen LogP contribution in [-0.2, 0) is 4.74 Å². The SMILES string of the molecule is CCOc1ccc(C2c3c(oc4cc(C)cc(C)c4c3=O)C(=O)N2CC2CCCO2)cc1. The molecule has 1 fully saturated rings. The lowest BCUT2D eigenvalue weighted by molar-refractivity contribution is 0.0486. The molecule has 6 nitrogen and oxygen atoms in total. The molecule has 0 saturated carbocycles. The minimum absolute atomic E-state index is 0.0352. The van der Waals surface area contributed by atoms with Gasteiger partial charge in [0.05, 0.1) is 29.7 Å². The molecule has 1 amide bonds. The van der Waals surface area contributed by atoms with Crippen molar-refractivity contribution in [2.75, 3.05) is 19.8 Å². The van der Waals surface area contributed by atoms with Gasteiger partial charge in [-0.2, -0.15) is 0 Å². The summed E-state index contributed by atoms with van der Waals surface area (Å²) in [6.45, 7) is 7.49. The first-order valence-electron chi connectivity index (χ1n) is 11.2. The van der Waals surface area contributed by atoms with E-state index in [1.165, 1.54) is 0 Å². The summed E-state index contributed by atoms with van der Waals surface area (Å²) in [6.07, 6.45) is 1.84. The molecule has 1 saturated heterocycles. The molecule has 0 bridgehead atoms. The largest absolute Gasteiger partial charge is 0.494 e. The van der Waals surface area contributed by atoms with E-state index in [9.17, 15) is 9.59 Å². The molecule has 166 valence electrons. The average Bonchev–Trinajstić information content (AvgIpc) is 3.36. The van der Waals surface area contributed by atoms with Gasteiger partial charge in [-0.1, -0.05) is 18.2 Å². The van der Waals surface area contributed by atoms with Crippen molar-refractivity contribution in [1.29, 1.82) is 0 Å². The van der Waals surface area contributed by atoms with E-state index in [0.29, 0.717) is 36.3 Å². The molecule has 2 aromatic carbocycles. The van der Waals surface area contributed by atoms with Crippen molar-refractivity contribution >= 4 is 16.9 Å². The minimum atomic E-state index is -0.515. The van der Waals surface area contributed by atoms with Gasteiger partial charge in [-0.25, -0.2) is 0 Å². The lowest BCUT2D eigenvalue weighted by Gasteiger charge is -2.27. The van der Waals surface area contributed by atoms with Crippen LogP contribution in [0.3, 0.4) is 0 Å². The fourth-order valence-corrected chi connectivity index (χ4v) is 4.97. The second kappa shape index (κ2) is 8.10. The maximum atomic E-state index is 13.7. The Bertz CT molecular complexity index is 1240. The standard InChI is InChI=1S/C26H27NO5/c1-4-30-18-9-7-17(8-10-18)23-22-24(28)21-16(3)12-15(2)13-20(21)32-25(22)26(29)27(23)14-19-6-5-11-31-19/h7-10,12-13,19,23H,4-6,11,14H2,1-3H3. The van der Waals surface area contributed by atoms with Gasteiger partial charge in [-0.3, -0.25) is 9.59 Å². The Balaban J connectivity index is 1.68. The van der Waals surface area contributed by atoms with Crippen molar-refractivity contribution in [2.24, 2.45) is 0 Å². The van der Waals surface area contributed by atoms with E-state index < -0.39 is 6.04 Å². The first-order valence-corrected chi connectivity index (χ1v) is 11.2. The third-order valence-electron chi connectivity index (χ3n) is 6.34. The number of hydrogen-bond donors (Lipinski definition) is 0. The predicted molar refractivity (Wildman–Crippen MR) is 121 cm³/mol. The van der Waals surface area contributed by atoms with Crippen LogP contribution in [0.2, 0.25) is 0 Å². The molecule has 5 rings (SSSR count). The zero-order valence-corrected chi connectivity index (χ0v) is 18.6. The van der Waals surface area contributed by atoms with Crippen molar-refractivity contribution in [3.8, 4) is 5.75 Å². The van der Waals surface area contributed by atoms with Crippen molar-refractivity contribution in [1.82, 2.24) is 4.90 Å². The Morgan fingerprint density at radius 1 is 1.12 bits per heavy atom. The second-order valence-electron chi connectivity index (χ2n) is 8.63. The summed E-state index contributed by atoms with van der Waals surface area (Å²) < 4.78 is 17.5. The zero-order valence-electron chi connectivity index (χ0n) is 18.6. The topological polar surface area (TPSA) is 69.0 Å². The molecule has 0 radical (unpaired) electrons. The second-order valence-corrected chi connectivity index (χ2v) is 8.63. The number of benzene rings is 2. The van der Waals surface area contributed by atoms with Crippen LogP contribution in [0.15, 0.2) is 45.6 Å². The molecular weight excluding hydrogens is 406 g/mol. The summed E-state index contributed by atoms with van der Waals surface area (Å²) in [6, 6.07) is 10.9. The molecule has 0 spiro atoms. The van der Waals surface area contributed by atoms with E-state index >= 15 is 0 Å². The van der Waals surface area contributed by atoms with Gasteiger partial charge in [0.25, 0.3) is 5.91 Å². The molecule has 2 unspecified atom stereocenters. The summed E-state index contributed by atoms with van der Waals surface area (Å²) in [5.41, 5.74) is 3.44. The smallest absolute Gasteiger partial charge is 0.291 e. The first-order chi connectivity index (χ1) is 15.5. The van der Waals surface area contributed by atoms with Gasteiger partial charge in [-0.15, -0.1) is 0 Å². The highest BCUT2D eigenvalue weighted by atomic mass is 16.5. The first kappa shape index (κ1) is 20.8. The number of amides is 1. The van der Waals surface area contributed by atoms with E-state index in [1.807, 2.05) is 57.2 Å². The van der Waals surface area contributed by atoms with Gasteiger partial charge in [0, 0.05) is 13.2 Å². The fraction of sp³-hybridized carbons (Fsp3) is 0.385. The van der Waals surface area contributed by atoms with Crippen LogP contribution >= 0.6 is 0 Å². The number of rotatable bonds is 5. The minimum Gasteiger partial charge on any atom is -0.494 e. The Morgan fingerprint density at radius 3 is 2.59 bits per heavy atom. The normalized spacial score (nSPS) is 20.2. The van der Waals surface area contributed by atoms with E-state index in [2.05, 4.69) is 0 Å². The monoisotopic (exact) mass is 433 g/mol. The highest BCUT2D eigenvalue weighted by Crippen LogP contribution is 2.39. The molecule has 2 atom stereocenters. The third kappa shape index (κ3) is 3.39. The van der Waals surface area contributed by atoms with Crippen LogP contribution in [-0.4, -0.2) is 36.7 Å². The number of ether oxygens (including phenoxy) is 2. The maximum absolute atomic E-state index is 13.7. The van der Waals surface area contributed by atoms with Crippen LogP contribution in [0.4, 0.5) is 0 Å². The number of fused-ring (bicyclic) bond motifs is 2. The molecule has 2 aliphatic heterocycles. The Hall–Kier alpha value is -3.12. The van der Waals surface area contributed by atoms with Crippen LogP contribution in [0.1, 0.15) is 58.6 Å². The predicted octanol–water partition coefficient (Wildman–Crippen LogP) is 4.53. The van der Waals surface area contributed by atoms with Crippen LogP contribution in [0, 0.1) is 13.8 Å². The van der Waals surface area contributed by atoms with Crippen LogP contribution < -0.4 is 10.2 Å². The molecule has 0 N–H and O–H groups in total. The lowest BCUT2D eigenvalue weighted by Crippen LogP contribution is -2.36. The quantitative estimate of drug-likeness (QED) is 0.591. The molecule has 1 aromatic heterocycles. The van der Waals surface area contributed by atoms with Gasteiger partial charge < -0.3 is 18.8 Å². The van der Waals surface area contributed by atoms with E-state index in [4.69, 9.17) is 13.9 Å².